The highest BCUT2D eigenvalue weighted by Crippen LogP contribution is 2.44. The smallest absolute Gasteiger partial charge is 0.320 e. The lowest BCUT2D eigenvalue weighted by Gasteiger charge is -2.26. The lowest BCUT2D eigenvalue weighted by Crippen LogP contribution is -2.32. The van der Waals surface area contributed by atoms with Crippen LogP contribution in [0.25, 0.3) is 0 Å². The van der Waals surface area contributed by atoms with Gasteiger partial charge in [-0.1, -0.05) is 5.21 Å². The third-order valence-electron chi connectivity index (χ3n) is 3.65. The lowest BCUT2D eigenvalue weighted by atomic mass is 9.95. The maximum absolute atomic E-state index is 10.8. The molecule has 0 radical (unpaired) electrons. The van der Waals surface area contributed by atoms with Crippen molar-refractivity contribution in [2.45, 2.75) is 63.8 Å². The number of carbonyl (C=O) groups is 1. The van der Waals surface area contributed by atoms with Gasteiger partial charge in [0.2, 0.25) is 0 Å². The monoisotopic (exact) mass is 282 g/mol. The summed E-state index contributed by atoms with van der Waals surface area (Å²) in [5.41, 5.74) is 5.54. The lowest BCUT2D eigenvalue weighted by molar-refractivity contribution is -0.138. The fourth-order valence-electron chi connectivity index (χ4n) is 2.82. The van der Waals surface area contributed by atoms with E-state index in [9.17, 15) is 4.79 Å². The third kappa shape index (κ3) is 2.99. The second kappa shape index (κ2) is 4.82. The van der Waals surface area contributed by atoms with Crippen LogP contribution in [0.2, 0.25) is 0 Å². The van der Waals surface area contributed by atoms with E-state index in [1.54, 1.807) is 10.9 Å². The first-order chi connectivity index (χ1) is 9.11. The Bertz CT molecular complexity index is 509. The molecule has 0 spiro atoms. The number of aliphatic carboxylic acids is 1. The van der Waals surface area contributed by atoms with Gasteiger partial charge in [-0.15, -0.1) is 5.10 Å². The number of carboxylic acid groups (broad SMARTS) is 1. The molecule has 1 aromatic rings. The van der Waals surface area contributed by atoms with Crippen molar-refractivity contribution in [1.29, 1.82) is 0 Å². The zero-order chi connectivity index (χ0) is 15.1. The predicted molar refractivity (Wildman–Crippen MR) is 72.2 cm³/mol. The molecule has 2 atom stereocenters. The van der Waals surface area contributed by atoms with Gasteiger partial charge in [-0.05, 0) is 27.7 Å². The van der Waals surface area contributed by atoms with Crippen molar-refractivity contribution in [3.63, 3.8) is 0 Å². The Morgan fingerprint density at radius 1 is 1.60 bits per heavy atom. The van der Waals surface area contributed by atoms with Gasteiger partial charge >= 0.3 is 5.97 Å². The Hall–Kier alpha value is -1.47. The van der Waals surface area contributed by atoms with Crippen molar-refractivity contribution < 1.29 is 14.6 Å². The molecule has 0 aromatic carbocycles. The van der Waals surface area contributed by atoms with E-state index in [4.69, 9.17) is 15.6 Å². The van der Waals surface area contributed by atoms with Crippen LogP contribution >= 0.6 is 0 Å². The number of hydrogen-bond donors (Lipinski definition) is 2. The fraction of sp³-hybridized carbons (Fsp3) is 0.769. The SMILES string of the molecule is CC1(C)CC(n2cc(CC(N)C(=O)O)nn2)C(C)(C)O1. The third-order valence-corrected chi connectivity index (χ3v) is 3.65. The summed E-state index contributed by atoms with van der Waals surface area (Å²) in [7, 11) is 0. The van der Waals surface area contributed by atoms with Crippen LogP contribution in [0.3, 0.4) is 0 Å². The number of ether oxygens (including phenoxy) is 1. The molecule has 0 aliphatic carbocycles. The maximum atomic E-state index is 10.8. The molecule has 0 saturated carbocycles. The normalized spacial score (nSPS) is 25.6. The molecule has 2 heterocycles. The average molecular weight is 282 g/mol. The summed E-state index contributed by atoms with van der Waals surface area (Å²) in [6, 6.07) is -0.885. The van der Waals surface area contributed by atoms with Crippen LogP contribution < -0.4 is 5.73 Å². The summed E-state index contributed by atoms with van der Waals surface area (Å²) in [6.07, 6.45) is 2.76. The van der Waals surface area contributed by atoms with Gasteiger partial charge in [0.1, 0.15) is 6.04 Å². The first-order valence-electron chi connectivity index (χ1n) is 6.70. The maximum Gasteiger partial charge on any atom is 0.320 e. The van der Waals surface area contributed by atoms with Gasteiger partial charge in [-0.25, -0.2) is 4.68 Å². The summed E-state index contributed by atoms with van der Waals surface area (Å²) < 4.78 is 7.79. The van der Waals surface area contributed by atoms with Crippen LogP contribution in [-0.2, 0) is 16.0 Å². The minimum atomic E-state index is -1.04. The first-order valence-corrected chi connectivity index (χ1v) is 6.70. The molecule has 7 nitrogen and oxygen atoms in total. The van der Waals surface area contributed by atoms with Crippen LogP contribution in [0.15, 0.2) is 6.20 Å². The van der Waals surface area contributed by atoms with Gasteiger partial charge in [0, 0.05) is 19.0 Å². The molecule has 1 fully saturated rings. The average Bonchev–Trinajstić information content (AvgIpc) is 2.80. The summed E-state index contributed by atoms with van der Waals surface area (Å²) in [4.78, 5) is 10.8. The first kappa shape index (κ1) is 14.9. The molecule has 0 bridgehead atoms. The summed E-state index contributed by atoms with van der Waals surface area (Å²) in [5, 5.41) is 16.9. The summed E-state index contributed by atoms with van der Waals surface area (Å²) in [5.74, 6) is -1.04. The van der Waals surface area contributed by atoms with E-state index in [2.05, 4.69) is 10.3 Å². The number of rotatable bonds is 4. The van der Waals surface area contributed by atoms with Gasteiger partial charge in [-0.3, -0.25) is 4.79 Å². The molecule has 1 aromatic heterocycles. The quantitative estimate of drug-likeness (QED) is 0.844. The van der Waals surface area contributed by atoms with E-state index < -0.39 is 12.0 Å². The molecule has 1 saturated heterocycles. The molecule has 20 heavy (non-hydrogen) atoms. The van der Waals surface area contributed by atoms with Crippen molar-refractivity contribution in [3.8, 4) is 0 Å². The Balaban J connectivity index is 2.15. The summed E-state index contributed by atoms with van der Waals surface area (Å²) >= 11 is 0. The minimum Gasteiger partial charge on any atom is -0.480 e. The van der Waals surface area contributed by atoms with Gasteiger partial charge in [-0.2, -0.15) is 0 Å². The topological polar surface area (TPSA) is 103 Å². The Kier molecular flexibility index (Phi) is 3.60. The van der Waals surface area contributed by atoms with Gasteiger partial charge in [0.15, 0.2) is 0 Å². The van der Waals surface area contributed by atoms with Crippen LogP contribution in [-0.4, -0.2) is 43.3 Å². The van der Waals surface area contributed by atoms with Gasteiger partial charge < -0.3 is 15.6 Å². The largest absolute Gasteiger partial charge is 0.480 e. The highest BCUT2D eigenvalue weighted by atomic mass is 16.5. The molecule has 0 amide bonds. The van der Waals surface area contributed by atoms with E-state index in [1.807, 2.05) is 27.7 Å². The molecular weight excluding hydrogens is 260 g/mol. The highest BCUT2D eigenvalue weighted by molar-refractivity contribution is 5.73. The number of aromatic nitrogens is 3. The van der Waals surface area contributed by atoms with E-state index in [-0.39, 0.29) is 23.7 Å². The van der Waals surface area contributed by atoms with Crippen molar-refractivity contribution in [1.82, 2.24) is 15.0 Å². The molecule has 2 unspecified atom stereocenters. The Morgan fingerprint density at radius 2 is 2.25 bits per heavy atom. The van der Waals surface area contributed by atoms with Crippen molar-refractivity contribution in [2.75, 3.05) is 0 Å². The van der Waals surface area contributed by atoms with E-state index in [1.165, 1.54) is 0 Å². The fourth-order valence-corrected chi connectivity index (χ4v) is 2.82. The molecular formula is C13H22N4O3. The van der Waals surface area contributed by atoms with E-state index in [0.29, 0.717) is 5.69 Å². The second-order valence-corrected chi connectivity index (χ2v) is 6.52. The zero-order valence-electron chi connectivity index (χ0n) is 12.3. The minimum absolute atomic E-state index is 0.0693. The van der Waals surface area contributed by atoms with Crippen LogP contribution in [0, 0.1) is 0 Å². The molecule has 3 N–H and O–H groups in total. The molecule has 2 rings (SSSR count). The number of carboxylic acids is 1. The van der Waals surface area contributed by atoms with Gasteiger partial charge in [0.05, 0.1) is 22.9 Å². The Labute approximate surface area is 118 Å². The summed E-state index contributed by atoms with van der Waals surface area (Å²) in [6.45, 7) is 8.15. The molecule has 112 valence electrons. The van der Waals surface area contributed by atoms with E-state index in [0.717, 1.165) is 6.42 Å². The molecule has 7 heteroatoms. The van der Waals surface area contributed by atoms with Crippen molar-refractivity contribution in [2.24, 2.45) is 5.73 Å². The van der Waals surface area contributed by atoms with Crippen LogP contribution in [0.4, 0.5) is 0 Å². The van der Waals surface area contributed by atoms with Gasteiger partial charge in [0.25, 0.3) is 0 Å². The zero-order valence-corrected chi connectivity index (χ0v) is 12.3. The highest BCUT2D eigenvalue weighted by Gasteiger charge is 2.47. The van der Waals surface area contributed by atoms with Crippen LogP contribution in [0.1, 0.15) is 45.9 Å². The number of nitrogens with zero attached hydrogens (tertiary/aromatic N) is 3. The van der Waals surface area contributed by atoms with Crippen molar-refractivity contribution >= 4 is 5.97 Å². The number of nitrogens with two attached hydrogens (primary N) is 1. The number of hydrogen-bond acceptors (Lipinski definition) is 5. The predicted octanol–water partition coefficient (Wildman–Crippen LogP) is 0.751. The Morgan fingerprint density at radius 3 is 2.75 bits per heavy atom. The molecule has 1 aliphatic heterocycles. The standard InChI is InChI=1S/C13H22N4O3/c1-12(2)6-10(13(3,4)20-12)17-7-8(15-16-17)5-9(14)11(18)19/h7,9-10H,5-6,14H2,1-4H3,(H,18,19). The molecule has 1 aliphatic rings. The second-order valence-electron chi connectivity index (χ2n) is 6.52. The van der Waals surface area contributed by atoms with Crippen molar-refractivity contribution in [3.05, 3.63) is 11.9 Å². The van der Waals surface area contributed by atoms with Crippen LogP contribution in [0.5, 0.6) is 0 Å². The van der Waals surface area contributed by atoms with E-state index >= 15 is 0 Å².